The van der Waals surface area contributed by atoms with E-state index in [1.54, 1.807) is 22.5 Å². The van der Waals surface area contributed by atoms with E-state index in [4.69, 9.17) is 17.3 Å². The minimum Gasteiger partial charge on any atom is -0.326 e. The average Bonchev–Trinajstić information content (AvgIpc) is 2.47. The van der Waals surface area contributed by atoms with E-state index in [-0.39, 0.29) is 11.4 Å². The summed E-state index contributed by atoms with van der Waals surface area (Å²) in [5, 5.41) is 0.505. The molecule has 0 aliphatic heterocycles. The summed E-state index contributed by atoms with van der Waals surface area (Å²) in [4.78, 5) is 0.277. The maximum absolute atomic E-state index is 12.8. The number of halogens is 1. The van der Waals surface area contributed by atoms with Gasteiger partial charge in [0.1, 0.15) is 0 Å². The molecule has 2 N–H and O–H groups in total. The fourth-order valence-electron chi connectivity index (χ4n) is 2.04. The zero-order valence-corrected chi connectivity index (χ0v) is 14.4. The molecule has 0 aliphatic rings. The largest absolute Gasteiger partial charge is 0.326 e. The van der Waals surface area contributed by atoms with Crippen LogP contribution in [0.15, 0.2) is 23.1 Å². The van der Waals surface area contributed by atoms with E-state index in [0.29, 0.717) is 23.7 Å². The Hall–Kier alpha value is -0.620. The molecule has 0 saturated heterocycles. The van der Waals surface area contributed by atoms with Crippen molar-refractivity contribution >= 4 is 21.6 Å². The van der Waals surface area contributed by atoms with Crippen LogP contribution in [0, 0.1) is 0 Å². The van der Waals surface area contributed by atoms with E-state index in [1.165, 1.54) is 0 Å². The third-order valence-corrected chi connectivity index (χ3v) is 5.66. The van der Waals surface area contributed by atoms with Crippen LogP contribution in [0.3, 0.4) is 0 Å². The van der Waals surface area contributed by atoms with Gasteiger partial charge in [-0.3, -0.25) is 0 Å². The molecule has 0 unspecified atom stereocenters. The highest BCUT2D eigenvalue weighted by Gasteiger charge is 2.24. The Labute approximate surface area is 133 Å². The van der Waals surface area contributed by atoms with Crippen LogP contribution < -0.4 is 5.73 Å². The molecule has 4 nitrogen and oxygen atoms in total. The fraction of sp³-hybridized carbons (Fsp3) is 0.600. The second-order valence-electron chi connectivity index (χ2n) is 5.07. The van der Waals surface area contributed by atoms with Crippen molar-refractivity contribution in [2.75, 3.05) is 13.1 Å². The van der Waals surface area contributed by atoms with E-state index in [9.17, 15) is 8.42 Å². The van der Waals surface area contributed by atoms with E-state index >= 15 is 0 Å². The topological polar surface area (TPSA) is 63.4 Å². The van der Waals surface area contributed by atoms with Gasteiger partial charge in [0, 0.05) is 24.7 Å². The summed E-state index contributed by atoms with van der Waals surface area (Å²) in [5.41, 5.74) is 6.26. The van der Waals surface area contributed by atoms with Crippen molar-refractivity contribution in [2.24, 2.45) is 5.73 Å². The summed E-state index contributed by atoms with van der Waals surface area (Å²) in [6.07, 6.45) is 3.65. The van der Waals surface area contributed by atoms with E-state index in [1.807, 2.05) is 0 Å². The van der Waals surface area contributed by atoms with Crippen molar-refractivity contribution in [3.8, 4) is 0 Å². The summed E-state index contributed by atoms with van der Waals surface area (Å²) >= 11 is 6.00. The number of nitrogens with zero attached hydrogens (tertiary/aromatic N) is 1. The number of benzene rings is 1. The molecular weight excluding hydrogens is 308 g/mol. The van der Waals surface area contributed by atoms with Crippen molar-refractivity contribution in [3.63, 3.8) is 0 Å². The fourth-order valence-corrected chi connectivity index (χ4v) is 3.80. The molecule has 0 aromatic heterocycles. The van der Waals surface area contributed by atoms with Crippen molar-refractivity contribution in [1.82, 2.24) is 4.31 Å². The Morgan fingerprint density at radius 3 is 2.19 bits per heavy atom. The Balaban J connectivity index is 3.08. The van der Waals surface area contributed by atoms with E-state index < -0.39 is 10.0 Å². The summed E-state index contributed by atoms with van der Waals surface area (Å²) in [7, 11) is -3.48. The summed E-state index contributed by atoms with van der Waals surface area (Å²) < 4.78 is 27.1. The zero-order valence-electron chi connectivity index (χ0n) is 12.8. The van der Waals surface area contributed by atoms with Gasteiger partial charge < -0.3 is 5.73 Å². The number of rotatable bonds is 9. The Morgan fingerprint density at radius 1 is 1.14 bits per heavy atom. The number of nitrogens with two attached hydrogens (primary N) is 1. The van der Waals surface area contributed by atoms with Gasteiger partial charge in [-0.05, 0) is 36.6 Å². The maximum atomic E-state index is 12.8. The SMILES string of the molecule is CCCCN(CCCC)S(=O)(=O)c1ccc(Cl)c(CN)c1. The van der Waals surface area contributed by atoms with Crippen LogP contribution in [-0.4, -0.2) is 25.8 Å². The predicted molar refractivity (Wildman–Crippen MR) is 87.9 cm³/mol. The lowest BCUT2D eigenvalue weighted by Crippen LogP contribution is -2.33. The number of hydrogen-bond acceptors (Lipinski definition) is 3. The van der Waals surface area contributed by atoms with Gasteiger partial charge in [0.25, 0.3) is 0 Å². The first-order chi connectivity index (χ1) is 9.97. The summed E-state index contributed by atoms with van der Waals surface area (Å²) in [5.74, 6) is 0. The van der Waals surface area contributed by atoms with Gasteiger partial charge in [0.2, 0.25) is 10.0 Å². The molecule has 0 saturated carbocycles. The molecule has 0 heterocycles. The smallest absolute Gasteiger partial charge is 0.243 e. The lowest BCUT2D eigenvalue weighted by atomic mass is 10.2. The molecule has 0 radical (unpaired) electrons. The second-order valence-corrected chi connectivity index (χ2v) is 7.41. The van der Waals surface area contributed by atoms with E-state index in [0.717, 1.165) is 25.7 Å². The molecule has 120 valence electrons. The lowest BCUT2D eigenvalue weighted by molar-refractivity contribution is 0.395. The number of unbranched alkanes of at least 4 members (excludes halogenated alkanes) is 2. The number of hydrogen-bond donors (Lipinski definition) is 1. The van der Waals surface area contributed by atoms with Gasteiger partial charge in [0.15, 0.2) is 0 Å². The van der Waals surface area contributed by atoms with Crippen LogP contribution in [-0.2, 0) is 16.6 Å². The summed E-state index contributed by atoms with van der Waals surface area (Å²) in [6.45, 7) is 5.45. The third-order valence-electron chi connectivity index (χ3n) is 3.40. The first-order valence-electron chi connectivity index (χ1n) is 7.46. The quantitative estimate of drug-likeness (QED) is 0.754. The van der Waals surface area contributed by atoms with E-state index in [2.05, 4.69) is 13.8 Å². The molecule has 0 atom stereocenters. The van der Waals surface area contributed by atoms with Crippen LogP contribution in [0.5, 0.6) is 0 Å². The predicted octanol–water partition coefficient (Wildman–Crippen LogP) is 3.39. The van der Waals surface area contributed by atoms with Crippen LogP contribution >= 0.6 is 11.6 Å². The lowest BCUT2D eigenvalue weighted by Gasteiger charge is -2.22. The second kappa shape index (κ2) is 8.73. The highest BCUT2D eigenvalue weighted by Crippen LogP contribution is 2.23. The van der Waals surface area contributed by atoms with Crippen LogP contribution in [0.1, 0.15) is 45.1 Å². The molecule has 0 spiro atoms. The number of sulfonamides is 1. The molecule has 0 aliphatic carbocycles. The van der Waals surface area contributed by atoms with Crippen molar-refractivity contribution < 1.29 is 8.42 Å². The van der Waals surface area contributed by atoms with Crippen LogP contribution in [0.4, 0.5) is 0 Å². The zero-order chi connectivity index (χ0) is 15.9. The average molecular weight is 333 g/mol. The third kappa shape index (κ3) is 4.95. The molecule has 21 heavy (non-hydrogen) atoms. The molecule has 0 amide bonds. The molecule has 6 heteroatoms. The van der Waals surface area contributed by atoms with Gasteiger partial charge >= 0.3 is 0 Å². The van der Waals surface area contributed by atoms with Gasteiger partial charge in [-0.2, -0.15) is 4.31 Å². The molecule has 1 rings (SSSR count). The Morgan fingerprint density at radius 2 is 1.71 bits per heavy atom. The van der Waals surface area contributed by atoms with Crippen molar-refractivity contribution in [3.05, 3.63) is 28.8 Å². The van der Waals surface area contributed by atoms with Crippen molar-refractivity contribution in [1.29, 1.82) is 0 Å². The molecule has 0 bridgehead atoms. The van der Waals surface area contributed by atoms with Crippen LogP contribution in [0.2, 0.25) is 5.02 Å². The standard InChI is InChI=1S/C15H25ClN2O2S/c1-3-5-9-18(10-6-4-2)21(19,20)14-7-8-15(16)13(11-14)12-17/h7-8,11H,3-6,9-10,12,17H2,1-2H3. The molecular formula is C15H25ClN2O2S. The van der Waals surface area contributed by atoms with Gasteiger partial charge in [-0.25, -0.2) is 8.42 Å². The van der Waals surface area contributed by atoms with Gasteiger partial charge in [0.05, 0.1) is 4.90 Å². The highest BCUT2D eigenvalue weighted by molar-refractivity contribution is 7.89. The minimum atomic E-state index is -3.48. The molecule has 1 aromatic carbocycles. The molecule has 0 fully saturated rings. The van der Waals surface area contributed by atoms with Gasteiger partial charge in [-0.15, -0.1) is 0 Å². The first-order valence-corrected chi connectivity index (χ1v) is 9.27. The van der Waals surface area contributed by atoms with Gasteiger partial charge in [-0.1, -0.05) is 38.3 Å². The van der Waals surface area contributed by atoms with Crippen molar-refractivity contribution in [2.45, 2.75) is 51.0 Å². The maximum Gasteiger partial charge on any atom is 0.243 e. The Bertz CT molecular complexity index is 539. The monoisotopic (exact) mass is 332 g/mol. The highest BCUT2D eigenvalue weighted by atomic mass is 35.5. The summed E-state index contributed by atoms with van der Waals surface area (Å²) in [6, 6.07) is 4.75. The molecule has 1 aromatic rings. The first kappa shape index (κ1) is 18.4. The minimum absolute atomic E-state index is 0.228. The normalized spacial score (nSPS) is 12.0. The Kier molecular flexibility index (Phi) is 7.66. The van der Waals surface area contributed by atoms with Crippen LogP contribution in [0.25, 0.3) is 0 Å².